The molecule has 59 heavy (non-hydrogen) atoms. The summed E-state index contributed by atoms with van der Waals surface area (Å²) in [5.41, 5.74) is 13.4. The Bertz CT molecular complexity index is 3300. The SMILES string of the molecule is c1ccc(-c2ccc(-c3nc(-c4cccc5ccccc45)nc(-c4cccc5oc6c(-c7ccc(-c8ccccc8)c(-c8ccccc8)c7)cccc6c45)n3)cc2)cc1. The highest BCUT2D eigenvalue weighted by Crippen LogP contribution is 2.43. The Balaban J connectivity index is 1.09. The number of nitrogens with zero attached hydrogens (tertiary/aromatic N) is 3. The van der Waals surface area contributed by atoms with Crippen LogP contribution in [0.3, 0.4) is 0 Å². The van der Waals surface area contributed by atoms with E-state index >= 15 is 0 Å². The second kappa shape index (κ2) is 14.5. The predicted octanol–water partition coefficient (Wildman–Crippen LogP) is 14.6. The molecule has 0 bridgehead atoms. The number of hydrogen-bond donors (Lipinski definition) is 0. The molecule has 11 aromatic rings. The van der Waals surface area contributed by atoms with Crippen molar-refractivity contribution in [3.8, 4) is 78.7 Å². The number of furan rings is 1. The summed E-state index contributed by atoms with van der Waals surface area (Å²) < 4.78 is 6.83. The third kappa shape index (κ3) is 6.24. The van der Waals surface area contributed by atoms with Gasteiger partial charge in [-0.1, -0.05) is 200 Å². The summed E-state index contributed by atoms with van der Waals surface area (Å²) in [6.07, 6.45) is 0. The molecular formula is C55H35N3O. The minimum absolute atomic E-state index is 0.586. The molecule has 0 saturated heterocycles. The van der Waals surface area contributed by atoms with Gasteiger partial charge in [0.1, 0.15) is 11.2 Å². The maximum atomic E-state index is 6.83. The molecular weight excluding hydrogens is 719 g/mol. The van der Waals surface area contributed by atoms with Crippen LogP contribution in [0, 0.1) is 0 Å². The van der Waals surface area contributed by atoms with Gasteiger partial charge in [0.2, 0.25) is 0 Å². The van der Waals surface area contributed by atoms with Crippen molar-refractivity contribution in [2.45, 2.75) is 0 Å². The van der Waals surface area contributed by atoms with Gasteiger partial charge in [0, 0.05) is 33.0 Å². The molecule has 11 rings (SSSR count). The molecule has 0 aliphatic carbocycles. The molecule has 0 saturated carbocycles. The standard InChI is InChI=1S/C55H35N3O/c1-4-15-36(16-5-1)37-29-31-41(32-30-37)53-56-54(46-25-12-22-39-21-10-11-23-43(39)46)58-55(57-53)48-27-14-28-50-51(48)47-26-13-24-45(52(47)59-50)42-33-34-44(38-17-6-2-7-18-38)49(35-42)40-19-8-3-9-20-40/h1-35H. The third-order valence-electron chi connectivity index (χ3n) is 11.2. The Morgan fingerprint density at radius 1 is 0.288 bits per heavy atom. The highest BCUT2D eigenvalue weighted by molar-refractivity contribution is 6.15. The van der Waals surface area contributed by atoms with Crippen molar-refractivity contribution in [3.05, 3.63) is 212 Å². The summed E-state index contributed by atoms with van der Waals surface area (Å²) in [7, 11) is 0. The van der Waals surface area contributed by atoms with E-state index in [1.165, 1.54) is 16.7 Å². The van der Waals surface area contributed by atoms with Crippen LogP contribution in [-0.2, 0) is 0 Å². The first kappa shape index (κ1) is 34.3. The molecule has 0 radical (unpaired) electrons. The fraction of sp³-hybridized carbons (Fsp3) is 0. The first-order valence-corrected chi connectivity index (χ1v) is 19.9. The second-order valence-corrected chi connectivity index (χ2v) is 14.7. The molecule has 0 N–H and O–H groups in total. The molecule has 9 aromatic carbocycles. The minimum Gasteiger partial charge on any atom is -0.455 e. The number of para-hydroxylation sites is 1. The molecule has 0 aliphatic heterocycles. The van der Waals surface area contributed by atoms with Crippen molar-refractivity contribution in [3.63, 3.8) is 0 Å². The topological polar surface area (TPSA) is 51.8 Å². The van der Waals surface area contributed by atoms with Gasteiger partial charge >= 0.3 is 0 Å². The maximum Gasteiger partial charge on any atom is 0.164 e. The van der Waals surface area contributed by atoms with Gasteiger partial charge in [-0.3, -0.25) is 0 Å². The summed E-state index contributed by atoms with van der Waals surface area (Å²) in [4.78, 5) is 15.6. The van der Waals surface area contributed by atoms with Crippen LogP contribution in [0.25, 0.3) is 111 Å². The number of aromatic nitrogens is 3. The van der Waals surface area contributed by atoms with Gasteiger partial charge in [0.25, 0.3) is 0 Å². The van der Waals surface area contributed by atoms with Crippen molar-refractivity contribution in [2.24, 2.45) is 0 Å². The number of hydrogen-bond acceptors (Lipinski definition) is 4. The third-order valence-corrected chi connectivity index (χ3v) is 11.2. The molecule has 0 spiro atoms. The van der Waals surface area contributed by atoms with Gasteiger partial charge < -0.3 is 4.42 Å². The summed E-state index contributed by atoms with van der Waals surface area (Å²) in [5, 5.41) is 4.18. The molecule has 0 fully saturated rings. The van der Waals surface area contributed by atoms with Crippen LogP contribution in [0.5, 0.6) is 0 Å². The van der Waals surface area contributed by atoms with Crippen LogP contribution in [0.1, 0.15) is 0 Å². The Morgan fingerprint density at radius 2 is 0.797 bits per heavy atom. The number of fused-ring (bicyclic) bond motifs is 4. The zero-order chi connectivity index (χ0) is 39.1. The van der Waals surface area contributed by atoms with Crippen molar-refractivity contribution in [1.29, 1.82) is 0 Å². The maximum absolute atomic E-state index is 6.83. The van der Waals surface area contributed by atoms with E-state index < -0.39 is 0 Å². The average Bonchev–Trinajstić information content (AvgIpc) is 3.71. The Hall–Kier alpha value is -7.95. The Labute approximate surface area is 341 Å². The average molecular weight is 754 g/mol. The van der Waals surface area contributed by atoms with Crippen LogP contribution < -0.4 is 0 Å². The van der Waals surface area contributed by atoms with E-state index in [1.54, 1.807) is 0 Å². The summed E-state index contributed by atoms with van der Waals surface area (Å²) >= 11 is 0. The Morgan fingerprint density at radius 3 is 1.56 bits per heavy atom. The van der Waals surface area contributed by atoms with E-state index in [-0.39, 0.29) is 0 Å². The molecule has 2 aromatic heterocycles. The first-order valence-electron chi connectivity index (χ1n) is 19.9. The molecule has 4 nitrogen and oxygen atoms in total. The fourth-order valence-corrected chi connectivity index (χ4v) is 8.31. The van der Waals surface area contributed by atoms with Crippen LogP contribution in [-0.4, -0.2) is 15.0 Å². The smallest absolute Gasteiger partial charge is 0.164 e. The van der Waals surface area contributed by atoms with E-state index in [0.717, 1.165) is 77.2 Å². The lowest BCUT2D eigenvalue weighted by Crippen LogP contribution is -2.01. The first-order chi connectivity index (χ1) is 29.2. The van der Waals surface area contributed by atoms with Crippen LogP contribution in [0.15, 0.2) is 217 Å². The van der Waals surface area contributed by atoms with Gasteiger partial charge in [-0.05, 0) is 61.8 Å². The van der Waals surface area contributed by atoms with Gasteiger partial charge in [0.05, 0.1) is 0 Å². The molecule has 0 unspecified atom stereocenters. The van der Waals surface area contributed by atoms with Gasteiger partial charge in [-0.2, -0.15) is 0 Å². The van der Waals surface area contributed by atoms with E-state index in [0.29, 0.717) is 17.5 Å². The quantitative estimate of drug-likeness (QED) is 0.163. The number of rotatable bonds is 7. The lowest BCUT2D eigenvalue weighted by Gasteiger charge is -2.13. The van der Waals surface area contributed by atoms with E-state index in [1.807, 2.05) is 18.2 Å². The molecule has 276 valence electrons. The van der Waals surface area contributed by atoms with Crippen LogP contribution >= 0.6 is 0 Å². The highest BCUT2D eigenvalue weighted by atomic mass is 16.3. The lowest BCUT2D eigenvalue weighted by molar-refractivity contribution is 0.670. The molecule has 4 heteroatoms. The van der Waals surface area contributed by atoms with Gasteiger partial charge in [-0.15, -0.1) is 0 Å². The van der Waals surface area contributed by atoms with Crippen LogP contribution in [0.2, 0.25) is 0 Å². The predicted molar refractivity (Wildman–Crippen MR) is 243 cm³/mol. The largest absolute Gasteiger partial charge is 0.455 e. The molecule has 0 aliphatic rings. The molecule has 0 amide bonds. The molecule has 2 heterocycles. The van der Waals surface area contributed by atoms with Gasteiger partial charge in [0.15, 0.2) is 17.5 Å². The fourth-order valence-electron chi connectivity index (χ4n) is 8.31. The van der Waals surface area contributed by atoms with Crippen molar-refractivity contribution >= 4 is 32.7 Å². The van der Waals surface area contributed by atoms with Crippen LogP contribution in [0.4, 0.5) is 0 Å². The minimum atomic E-state index is 0.586. The number of benzene rings is 9. The highest BCUT2D eigenvalue weighted by Gasteiger charge is 2.21. The summed E-state index contributed by atoms with van der Waals surface area (Å²) in [6.45, 7) is 0. The monoisotopic (exact) mass is 753 g/mol. The van der Waals surface area contributed by atoms with Crippen molar-refractivity contribution in [1.82, 2.24) is 15.0 Å². The van der Waals surface area contributed by atoms with Gasteiger partial charge in [-0.25, -0.2) is 15.0 Å². The van der Waals surface area contributed by atoms with E-state index in [2.05, 4.69) is 194 Å². The Kier molecular flexibility index (Phi) is 8.45. The van der Waals surface area contributed by atoms with Crippen molar-refractivity contribution in [2.75, 3.05) is 0 Å². The summed E-state index contributed by atoms with van der Waals surface area (Å²) in [5.74, 6) is 1.81. The summed E-state index contributed by atoms with van der Waals surface area (Å²) in [6, 6.07) is 74.0. The zero-order valence-electron chi connectivity index (χ0n) is 32.0. The normalized spacial score (nSPS) is 11.4. The van der Waals surface area contributed by atoms with E-state index in [4.69, 9.17) is 19.4 Å². The second-order valence-electron chi connectivity index (χ2n) is 14.7. The van der Waals surface area contributed by atoms with Crippen molar-refractivity contribution < 1.29 is 4.42 Å². The zero-order valence-corrected chi connectivity index (χ0v) is 32.0. The lowest BCUT2D eigenvalue weighted by atomic mass is 9.90. The van der Waals surface area contributed by atoms with E-state index in [9.17, 15) is 0 Å². The molecule has 0 atom stereocenters.